The standard InChI is InChI=1S/C10H19Cl3O/c1-3-4-5-6-7-8-9(14-2)10(11,12)13/h9H,3-8H2,1-2H3. The van der Waals surface area contributed by atoms with Crippen molar-refractivity contribution in [1.82, 2.24) is 0 Å². The van der Waals surface area contributed by atoms with Crippen LogP contribution in [0.4, 0.5) is 0 Å². The Bertz CT molecular complexity index is 134. The van der Waals surface area contributed by atoms with Crippen LogP contribution >= 0.6 is 34.8 Å². The van der Waals surface area contributed by atoms with Gasteiger partial charge in [-0.15, -0.1) is 0 Å². The van der Waals surface area contributed by atoms with Gasteiger partial charge in [0.05, 0.1) is 0 Å². The third kappa shape index (κ3) is 7.17. The first kappa shape index (κ1) is 14.8. The van der Waals surface area contributed by atoms with E-state index in [9.17, 15) is 0 Å². The molecule has 1 atom stereocenters. The molecule has 0 rings (SSSR count). The molecule has 1 nitrogen and oxygen atoms in total. The Kier molecular flexibility index (Phi) is 8.51. The van der Waals surface area contributed by atoms with Crippen molar-refractivity contribution in [2.24, 2.45) is 0 Å². The van der Waals surface area contributed by atoms with Crippen LogP contribution in [0.3, 0.4) is 0 Å². The summed E-state index contributed by atoms with van der Waals surface area (Å²) in [6.07, 6.45) is 6.57. The topological polar surface area (TPSA) is 9.23 Å². The minimum absolute atomic E-state index is 0.283. The Morgan fingerprint density at radius 3 is 2.07 bits per heavy atom. The summed E-state index contributed by atoms with van der Waals surface area (Å²) in [7, 11) is 1.58. The maximum Gasteiger partial charge on any atom is 0.216 e. The number of unbranched alkanes of at least 4 members (excludes halogenated alkanes) is 4. The van der Waals surface area contributed by atoms with Crippen molar-refractivity contribution < 1.29 is 4.74 Å². The van der Waals surface area contributed by atoms with Crippen molar-refractivity contribution in [3.05, 3.63) is 0 Å². The molecule has 0 fully saturated rings. The lowest BCUT2D eigenvalue weighted by molar-refractivity contribution is 0.0959. The van der Waals surface area contributed by atoms with E-state index in [1.807, 2.05) is 0 Å². The molecule has 86 valence electrons. The maximum absolute atomic E-state index is 5.75. The first-order valence-corrected chi connectivity index (χ1v) is 6.25. The number of alkyl halides is 3. The van der Waals surface area contributed by atoms with Crippen LogP contribution in [-0.4, -0.2) is 17.0 Å². The molecule has 0 aliphatic carbocycles. The molecule has 0 radical (unpaired) electrons. The van der Waals surface area contributed by atoms with Crippen LogP contribution in [0, 0.1) is 0 Å². The van der Waals surface area contributed by atoms with E-state index in [1.54, 1.807) is 7.11 Å². The van der Waals surface area contributed by atoms with E-state index >= 15 is 0 Å². The molecule has 0 spiro atoms. The van der Waals surface area contributed by atoms with Crippen molar-refractivity contribution in [3.8, 4) is 0 Å². The summed E-state index contributed by atoms with van der Waals surface area (Å²) in [6, 6.07) is 0. The number of hydrogen-bond acceptors (Lipinski definition) is 1. The normalized spacial score (nSPS) is 14.4. The average molecular weight is 262 g/mol. The summed E-state index contributed by atoms with van der Waals surface area (Å²) >= 11 is 17.2. The summed E-state index contributed by atoms with van der Waals surface area (Å²) in [5.41, 5.74) is 0. The van der Waals surface area contributed by atoms with E-state index in [1.165, 1.54) is 25.7 Å². The molecule has 0 aromatic rings. The van der Waals surface area contributed by atoms with Crippen LogP contribution in [0.2, 0.25) is 0 Å². The number of halogens is 3. The predicted molar refractivity (Wildman–Crippen MR) is 64.5 cm³/mol. The molecule has 0 aliphatic rings. The molecular weight excluding hydrogens is 242 g/mol. The molecule has 14 heavy (non-hydrogen) atoms. The highest BCUT2D eigenvalue weighted by atomic mass is 35.6. The van der Waals surface area contributed by atoms with E-state index in [-0.39, 0.29) is 6.10 Å². The quantitative estimate of drug-likeness (QED) is 0.475. The third-order valence-electron chi connectivity index (χ3n) is 2.22. The second kappa shape index (κ2) is 8.04. The second-order valence-corrected chi connectivity index (χ2v) is 5.84. The number of hydrogen-bond donors (Lipinski definition) is 0. The summed E-state index contributed by atoms with van der Waals surface area (Å²) in [6.45, 7) is 2.19. The smallest absolute Gasteiger partial charge is 0.216 e. The minimum Gasteiger partial charge on any atom is -0.377 e. The lowest BCUT2D eigenvalue weighted by Crippen LogP contribution is -2.27. The first-order chi connectivity index (χ1) is 6.52. The minimum atomic E-state index is -1.29. The number of rotatable bonds is 7. The summed E-state index contributed by atoms with van der Waals surface area (Å²) in [5, 5.41) is 0. The molecule has 0 bridgehead atoms. The second-order valence-electron chi connectivity index (χ2n) is 3.47. The maximum atomic E-state index is 5.75. The van der Waals surface area contributed by atoms with Crippen LogP contribution in [0.1, 0.15) is 45.4 Å². The Morgan fingerprint density at radius 1 is 1.07 bits per heavy atom. The molecule has 0 aromatic heterocycles. The molecule has 0 saturated heterocycles. The highest BCUT2D eigenvalue weighted by molar-refractivity contribution is 6.68. The zero-order valence-corrected chi connectivity index (χ0v) is 11.1. The Balaban J connectivity index is 3.54. The molecule has 0 aliphatic heterocycles. The van der Waals surface area contributed by atoms with Gasteiger partial charge in [-0.1, -0.05) is 73.8 Å². The van der Waals surface area contributed by atoms with Crippen LogP contribution in [0.15, 0.2) is 0 Å². The van der Waals surface area contributed by atoms with Gasteiger partial charge in [0, 0.05) is 7.11 Å². The summed E-state index contributed by atoms with van der Waals surface area (Å²) in [4.78, 5) is 0. The lowest BCUT2D eigenvalue weighted by atomic mass is 10.1. The Morgan fingerprint density at radius 2 is 1.64 bits per heavy atom. The molecule has 0 amide bonds. The van der Waals surface area contributed by atoms with Crippen LogP contribution in [0.5, 0.6) is 0 Å². The average Bonchev–Trinajstić information content (AvgIpc) is 2.09. The van der Waals surface area contributed by atoms with Gasteiger partial charge in [-0.05, 0) is 6.42 Å². The van der Waals surface area contributed by atoms with E-state index in [0.29, 0.717) is 0 Å². The molecule has 0 N–H and O–H groups in total. The van der Waals surface area contributed by atoms with Crippen molar-refractivity contribution >= 4 is 34.8 Å². The molecule has 0 aromatic carbocycles. The molecule has 0 saturated carbocycles. The Labute approximate surface area is 102 Å². The highest BCUT2D eigenvalue weighted by Gasteiger charge is 2.31. The van der Waals surface area contributed by atoms with E-state index in [0.717, 1.165) is 12.8 Å². The van der Waals surface area contributed by atoms with Gasteiger partial charge < -0.3 is 4.74 Å². The monoisotopic (exact) mass is 260 g/mol. The van der Waals surface area contributed by atoms with Crippen molar-refractivity contribution in [3.63, 3.8) is 0 Å². The molecule has 4 heteroatoms. The fraction of sp³-hybridized carbons (Fsp3) is 1.00. The van der Waals surface area contributed by atoms with E-state index in [4.69, 9.17) is 39.5 Å². The highest BCUT2D eigenvalue weighted by Crippen LogP contribution is 2.34. The predicted octanol–water partition coefficient (Wildman–Crippen LogP) is 4.73. The lowest BCUT2D eigenvalue weighted by Gasteiger charge is -2.22. The summed E-state index contributed by atoms with van der Waals surface area (Å²) in [5.74, 6) is 0. The van der Waals surface area contributed by atoms with Gasteiger partial charge in [0.1, 0.15) is 6.10 Å². The van der Waals surface area contributed by atoms with Gasteiger partial charge in [-0.3, -0.25) is 0 Å². The number of methoxy groups -OCH3 is 1. The molecule has 1 unspecified atom stereocenters. The van der Waals surface area contributed by atoms with E-state index in [2.05, 4.69) is 6.92 Å². The van der Waals surface area contributed by atoms with Crippen LogP contribution < -0.4 is 0 Å². The van der Waals surface area contributed by atoms with Crippen LogP contribution in [-0.2, 0) is 4.74 Å². The third-order valence-corrected chi connectivity index (χ3v) is 2.95. The largest absolute Gasteiger partial charge is 0.377 e. The van der Waals surface area contributed by atoms with Gasteiger partial charge in [-0.2, -0.15) is 0 Å². The van der Waals surface area contributed by atoms with Gasteiger partial charge in [0.15, 0.2) is 0 Å². The molecule has 0 heterocycles. The van der Waals surface area contributed by atoms with Crippen molar-refractivity contribution in [2.75, 3.05) is 7.11 Å². The molecular formula is C10H19Cl3O. The Hall–Kier alpha value is 0.830. The van der Waals surface area contributed by atoms with Crippen molar-refractivity contribution in [2.45, 2.75) is 55.3 Å². The van der Waals surface area contributed by atoms with Gasteiger partial charge in [0.2, 0.25) is 3.79 Å². The van der Waals surface area contributed by atoms with Gasteiger partial charge in [0.25, 0.3) is 0 Å². The fourth-order valence-corrected chi connectivity index (χ4v) is 1.94. The SMILES string of the molecule is CCCCCCCC(OC)C(Cl)(Cl)Cl. The summed E-state index contributed by atoms with van der Waals surface area (Å²) < 4.78 is 3.83. The number of ether oxygens (including phenoxy) is 1. The van der Waals surface area contributed by atoms with Gasteiger partial charge in [-0.25, -0.2) is 0 Å². The zero-order valence-electron chi connectivity index (χ0n) is 8.86. The first-order valence-electron chi connectivity index (χ1n) is 5.11. The fourth-order valence-electron chi connectivity index (χ4n) is 1.35. The van der Waals surface area contributed by atoms with Gasteiger partial charge >= 0.3 is 0 Å². The van der Waals surface area contributed by atoms with E-state index < -0.39 is 3.79 Å². The van der Waals surface area contributed by atoms with Crippen molar-refractivity contribution in [1.29, 1.82) is 0 Å². The van der Waals surface area contributed by atoms with Crippen LogP contribution in [0.25, 0.3) is 0 Å². The zero-order chi connectivity index (χ0) is 11.0.